The molecule has 1 aromatic rings. The van der Waals surface area contributed by atoms with Crippen LogP contribution in [0, 0.1) is 5.92 Å². The topological polar surface area (TPSA) is 55.4 Å². The second-order valence-electron chi connectivity index (χ2n) is 6.47. The number of nitrogens with one attached hydrogen (secondary N) is 1. The maximum atomic E-state index is 12.6. The SMILES string of the molecule is C[C@@H]1CCCC[C@@H]1NC(=O)COC(=O)Cc1cccc(C(F)(F)F)c1. The second kappa shape index (κ2) is 8.36. The number of carbonyl (C=O) groups is 2. The number of hydrogen-bond acceptors (Lipinski definition) is 3. The smallest absolute Gasteiger partial charge is 0.416 e. The molecular weight excluding hydrogens is 335 g/mol. The minimum absolute atomic E-state index is 0.0865. The fourth-order valence-corrected chi connectivity index (χ4v) is 3.00. The van der Waals surface area contributed by atoms with E-state index < -0.39 is 24.3 Å². The molecule has 0 saturated heterocycles. The third-order valence-electron chi connectivity index (χ3n) is 4.42. The van der Waals surface area contributed by atoms with E-state index in [-0.39, 0.29) is 23.9 Å². The number of benzene rings is 1. The molecule has 0 radical (unpaired) electrons. The average molecular weight is 357 g/mol. The molecule has 0 aliphatic heterocycles. The van der Waals surface area contributed by atoms with Crippen LogP contribution in [0.2, 0.25) is 0 Å². The molecule has 0 aromatic heterocycles. The van der Waals surface area contributed by atoms with Gasteiger partial charge in [0.15, 0.2) is 6.61 Å². The summed E-state index contributed by atoms with van der Waals surface area (Å²) in [6, 6.07) is 4.59. The van der Waals surface area contributed by atoms with Gasteiger partial charge < -0.3 is 10.1 Å². The van der Waals surface area contributed by atoms with Crippen molar-refractivity contribution in [3.05, 3.63) is 35.4 Å². The van der Waals surface area contributed by atoms with E-state index >= 15 is 0 Å². The van der Waals surface area contributed by atoms with Gasteiger partial charge in [0, 0.05) is 6.04 Å². The Morgan fingerprint density at radius 2 is 1.96 bits per heavy atom. The van der Waals surface area contributed by atoms with Crippen LogP contribution in [-0.4, -0.2) is 24.5 Å². The molecule has 0 bridgehead atoms. The minimum atomic E-state index is -4.46. The zero-order chi connectivity index (χ0) is 18.4. The molecule has 2 atom stereocenters. The molecule has 0 unspecified atom stereocenters. The summed E-state index contributed by atoms with van der Waals surface area (Å²) in [6.07, 6.45) is -0.594. The summed E-state index contributed by atoms with van der Waals surface area (Å²) in [6.45, 7) is 1.66. The first kappa shape index (κ1) is 19.3. The Labute approximate surface area is 144 Å². The van der Waals surface area contributed by atoms with E-state index in [1.165, 1.54) is 12.1 Å². The maximum Gasteiger partial charge on any atom is 0.416 e. The van der Waals surface area contributed by atoms with Gasteiger partial charge in [0.1, 0.15) is 0 Å². The van der Waals surface area contributed by atoms with Gasteiger partial charge in [0.25, 0.3) is 5.91 Å². The van der Waals surface area contributed by atoms with Crippen molar-refractivity contribution in [2.24, 2.45) is 5.92 Å². The Kier molecular flexibility index (Phi) is 6.45. The predicted octanol–water partition coefficient (Wildman–Crippen LogP) is 3.49. The van der Waals surface area contributed by atoms with Crippen LogP contribution >= 0.6 is 0 Å². The van der Waals surface area contributed by atoms with Crippen LogP contribution in [-0.2, 0) is 26.9 Å². The number of rotatable bonds is 5. The third kappa shape index (κ3) is 6.07. The molecule has 1 aromatic carbocycles. The fourth-order valence-electron chi connectivity index (χ4n) is 3.00. The lowest BCUT2D eigenvalue weighted by molar-refractivity contribution is -0.148. The first-order valence-electron chi connectivity index (χ1n) is 8.37. The molecule has 1 aliphatic carbocycles. The monoisotopic (exact) mass is 357 g/mol. The predicted molar refractivity (Wildman–Crippen MR) is 85.7 cm³/mol. The van der Waals surface area contributed by atoms with Crippen molar-refractivity contribution in [2.75, 3.05) is 6.61 Å². The molecule has 7 heteroatoms. The molecule has 1 saturated carbocycles. The molecule has 1 N–H and O–H groups in total. The van der Waals surface area contributed by atoms with E-state index in [9.17, 15) is 22.8 Å². The van der Waals surface area contributed by atoms with Crippen LogP contribution in [0.5, 0.6) is 0 Å². The van der Waals surface area contributed by atoms with Crippen LogP contribution < -0.4 is 5.32 Å². The van der Waals surface area contributed by atoms with Crippen LogP contribution in [0.15, 0.2) is 24.3 Å². The van der Waals surface area contributed by atoms with Gasteiger partial charge in [-0.05, 0) is 30.4 Å². The summed E-state index contributed by atoms with van der Waals surface area (Å²) in [5, 5.41) is 2.85. The first-order valence-corrected chi connectivity index (χ1v) is 8.37. The van der Waals surface area contributed by atoms with Crippen molar-refractivity contribution in [1.82, 2.24) is 5.32 Å². The molecule has 0 heterocycles. The standard InChI is InChI=1S/C18H22F3NO3/c1-12-5-2-3-8-15(12)22-16(23)11-25-17(24)10-13-6-4-7-14(9-13)18(19,20)21/h4,6-7,9,12,15H,2-3,5,8,10-11H2,1H3,(H,22,23)/t12-,15+/m1/s1. The van der Waals surface area contributed by atoms with E-state index in [1.54, 1.807) is 0 Å². The Morgan fingerprint density at radius 3 is 2.64 bits per heavy atom. The highest BCUT2D eigenvalue weighted by atomic mass is 19.4. The molecule has 1 amide bonds. The number of carbonyl (C=O) groups excluding carboxylic acids is 2. The fraction of sp³-hybridized carbons (Fsp3) is 0.556. The van der Waals surface area contributed by atoms with Crippen LogP contribution in [0.4, 0.5) is 13.2 Å². The highest BCUT2D eigenvalue weighted by molar-refractivity contribution is 5.81. The van der Waals surface area contributed by atoms with E-state index in [2.05, 4.69) is 12.2 Å². The van der Waals surface area contributed by atoms with Crippen LogP contribution in [0.3, 0.4) is 0 Å². The number of alkyl halides is 3. The largest absolute Gasteiger partial charge is 0.455 e. The highest BCUT2D eigenvalue weighted by Crippen LogP contribution is 2.29. The molecular formula is C18H22F3NO3. The maximum absolute atomic E-state index is 12.6. The van der Waals surface area contributed by atoms with Crippen molar-refractivity contribution in [2.45, 2.75) is 51.2 Å². The lowest BCUT2D eigenvalue weighted by atomic mass is 9.86. The van der Waals surface area contributed by atoms with Gasteiger partial charge in [-0.25, -0.2) is 0 Å². The molecule has 138 valence electrons. The van der Waals surface area contributed by atoms with Gasteiger partial charge >= 0.3 is 12.1 Å². The molecule has 0 spiro atoms. The van der Waals surface area contributed by atoms with Crippen molar-refractivity contribution in [1.29, 1.82) is 0 Å². The summed E-state index contributed by atoms with van der Waals surface area (Å²) in [5.74, 6) is -0.721. The zero-order valence-corrected chi connectivity index (χ0v) is 14.1. The van der Waals surface area contributed by atoms with Gasteiger partial charge in [-0.2, -0.15) is 13.2 Å². The van der Waals surface area contributed by atoms with Gasteiger partial charge in [-0.3, -0.25) is 9.59 Å². The highest BCUT2D eigenvalue weighted by Gasteiger charge is 2.30. The first-order chi connectivity index (χ1) is 11.8. The Balaban J connectivity index is 1.79. The molecule has 1 aliphatic rings. The quantitative estimate of drug-likeness (QED) is 0.821. The summed E-state index contributed by atoms with van der Waals surface area (Å²) in [7, 11) is 0. The van der Waals surface area contributed by atoms with Crippen molar-refractivity contribution in [3.8, 4) is 0 Å². The van der Waals surface area contributed by atoms with Gasteiger partial charge in [0.2, 0.25) is 0 Å². The van der Waals surface area contributed by atoms with E-state index in [0.717, 1.165) is 37.8 Å². The lowest BCUT2D eigenvalue weighted by Gasteiger charge is -2.29. The number of esters is 1. The van der Waals surface area contributed by atoms with Crippen molar-refractivity contribution in [3.63, 3.8) is 0 Å². The number of ether oxygens (including phenoxy) is 1. The Bertz CT molecular complexity index is 616. The van der Waals surface area contributed by atoms with Gasteiger partial charge in [0.05, 0.1) is 12.0 Å². The molecule has 1 fully saturated rings. The summed E-state index contributed by atoms with van der Waals surface area (Å²) >= 11 is 0. The van der Waals surface area contributed by atoms with E-state index in [4.69, 9.17) is 4.74 Å². The van der Waals surface area contributed by atoms with Crippen LogP contribution in [0.25, 0.3) is 0 Å². The molecule has 4 nitrogen and oxygen atoms in total. The number of halogens is 3. The van der Waals surface area contributed by atoms with Crippen LogP contribution in [0.1, 0.15) is 43.7 Å². The van der Waals surface area contributed by atoms with E-state index in [0.29, 0.717) is 5.92 Å². The molecule has 2 rings (SSSR count). The van der Waals surface area contributed by atoms with Gasteiger partial charge in [-0.15, -0.1) is 0 Å². The van der Waals surface area contributed by atoms with Crippen molar-refractivity contribution < 1.29 is 27.5 Å². The lowest BCUT2D eigenvalue weighted by Crippen LogP contribution is -2.42. The van der Waals surface area contributed by atoms with E-state index in [1.807, 2.05) is 0 Å². The summed E-state index contributed by atoms with van der Waals surface area (Å²) in [5.41, 5.74) is -0.622. The number of hydrogen-bond donors (Lipinski definition) is 1. The Morgan fingerprint density at radius 1 is 1.24 bits per heavy atom. The Hall–Kier alpha value is -2.05. The van der Waals surface area contributed by atoms with Gasteiger partial charge in [-0.1, -0.05) is 38.0 Å². The normalized spacial score (nSPS) is 20.8. The second-order valence-corrected chi connectivity index (χ2v) is 6.47. The zero-order valence-electron chi connectivity index (χ0n) is 14.1. The molecule has 25 heavy (non-hydrogen) atoms. The third-order valence-corrected chi connectivity index (χ3v) is 4.42. The minimum Gasteiger partial charge on any atom is -0.455 e. The van der Waals surface area contributed by atoms with Crippen molar-refractivity contribution >= 4 is 11.9 Å². The summed E-state index contributed by atoms with van der Waals surface area (Å²) in [4.78, 5) is 23.6. The summed E-state index contributed by atoms with van der Waals surface area (Å²) < 4.78 is 42.8. The average Bonchev–Trinajstić information content (AvgIpc) is 2.55. The number of amides is 1.